The van der Waals surface area contributed by atoms with Gasteiger partial charge in [0.15, 0.2) is 0 Å². The third-order valence-electron chi connectivity index (χ3n) is 2.31. The predicted molar refractivity (Wildman–Crippen MR) is 72.3 cm³/mol. The van der Waals surface area contributed by atoms with Crippen molar-refractivity contribution in [1.29, 1.82) is 0 Å². The van der Waals surface area contributed by atoms with Crippen molar-refractivity contribution >= 4 is 21.8 Å². The van der Waals surface area contributed by atoms with Crippen LogP contribution in [0, 0.1) is 12.3 Å². The molecular weight excluding hydrogens is 280 g/mol. The minimum absolute atomic E-state index is 0.0880. The number of hydrogen-bond donors (Lipinski definition) is 2. The lowest BCUT2D eigenvalue weighted by atomic mass is 10.2. The molecule has 4 heteroatoms. The van der Waals surface area contributed by atoms with Gasteiger partial charge >= 0.3 is 0 Å². The molecule has 0 spiro atoms. The van der Waals surface area contributed by atoms with Crippen molar-refractivity contribution in [3.63, 3.8) is 0 Å². The van der Waals surface area contributed by atoms with Gasteiger partial charge in [-0.25, -0.2) is 0 Å². The Kier molecular flexibility index (Phi) is 5.75. The molecule has 0 radical (unpaired) electrons. The zero-order valence-corrected chi connectivity index (χ0v) is 11.3. The van der Waals surface area contributed by atoms with Crippen molar-refractivity contribution in [3.8, 4) is 12.3 Å². The Morgan fingerprint density at radius 3 is 2.88 bits per heavy atom. The summed E-state index contributed by atoms with van der Waals surface area (Å²) in [7, 11) is 0. The van der Waals surface area contributed by atoms with Crippen LogP contribution >= 0.6 is 15.9 Å². The minimum Gasteiger partial charge on any atom is -0.344 e. The van der Waals surface area contributed by atoms with Crippen LogP contribution in [0.3, 0.4) is 0 Å². The summed E-state index contributed by atoms with van der Waals surface area (Å²) in [6.45, 7) is 2.70. The van der Waals surface area contributed by atoms with Crippen LogP contribution in [0.2, 0.25) is 0 Å². The van der Waals surface area contributed by atoms with Gasteiger partial charge in [0, 0.05) is 11.0 Å². The minimum atomic E-state index is -0.268. The molecule has 1 unspecified atom stereocenters. The molecule has 1 aromatic rings. The van der Waals surface area contributed by atoms with Crippen LogP contribution in [0.5, 0.6) is 0 Å². The van der Waals surface area contributed by atoms with Crippen LogP contribution in [0.4, 0.5) is 0 Å². The normalized spacial score (nSPS) is 11.6. The Balaban J connectivity index is 2.43. The molecule has 1 aromatic carbocycles. The Hall–Kier alpha value is -1.31. The van der Waals surface area contributed by atoms with Gasteiger partial charge in [-0.3, -0.25) is 4.79 Å². The van der Waals surface area contributed by atoms with Crippen LogP contribution in [0.25, 0.3) is 0 Å². The van der Waals surface area contributed by atoms with E-state index >= 15 is 0 Å². The summed E-state index contributed by atoms with van der Waals surface area (Å²) < 4.78 is 1.03. The number of nitrogens with one attached hydrogen (secondary N) is 2. The molecule has 90 valence electrons. The molecule has 1 amide bonds. The second-order valence-electron chi connectivity index (χ2n) is 3.62. The van der Waals surface area contributed by atoms with Crippen molar-refractivity contribution < 1.29 is 4.79 Å². The molecular formula is C13H15BrN2O. The number of carbonyl (C=O) groups is 1. The first kappa shape index (κ1) is 13.8. The van der Waals surface area contributed by atoms with E-state index in [-0.39, 0.29) is 18.5 Å². The van der Waals surface area contributed by atoms with E-state index in [1.165, 1.54) is 0 Å². The Morgan fingerprint density at radius 2 is 2.24 bits per heavy atom. The largest absolute Gasteiger partial charge is 0.344 e. The summed E-state index contributed by atoms with van der Waals surface area (Å²) in [6, 6.07) is 7.63. The van der Waals surface area contributed by atoms with Gasteiger partial charge in [-0.1, -0.05) is 40.0 Å². The van der Waals surface area contributed by atoms with Gasteiger partial charge in [-0.15, -0.1) is 6.42 Å². The molecule has 0 saturated heterocycles. The highest BCUT2D eigenvalue weighted by Gasteiger charge is 2.11. The summed E-state index contributed by atoms with van der Waals surface area (Å²) in [5, 5.41) is 5.77. The number of carbonyl (C=O) groups excluding carboxylic acids is 1. The van der Waals surface area contributed by atoms with Gasteiger partial charge in [0.1, 0.15) is 0 Å². The molecule has 1 atom stereocenters. The number of hydrogen-bond acceptors (Lipinski definition) is 2. The van der Waals surface area contributed by atoms with E-state index in [9.17, 15) is 4.79 Å². The third kappa shape index (κ3) is 4.59. The predicted octanol–water partition coefficient (Wildman–Crippen LogP) is 1.68. The van der Waals surface area contributed by atoms with Crippen LogP contribution in [0.1, 0.15) is 12.5 Å². The van der Waals surface area contributed by atoms with Gasteiger partial charge < -0.3 is 10.6 Å². The smallest absolute Gasteiger partial charge is 0.237 e. The van der Waals surface area contributed by atoms with E-state index < -0.39 is 0 Å². The molecule has 0 heterocycles. The second-order valence-corrected chi connectivity index (χ2v) is 4.47. The Morgan fingerprint density at radius 1 is 1.53 bits per heavy atom. The number of terminal acetylenes is 1. The van der Waals surface area contributed by atoms with E-state index in [2.05, 4.69) is 32.5 Å². The first-order chi connectivity index (χ1) is 8.15. The molecule has 1 rings (SSSR count). The lowest BCUT2D eigenvalue weighted by Crippen LogP contribution is -2.41. The molecule has 0 aliphatic heterocycles. The summed E-state index contributed by atoms with van der Waals surface area (Å²) in [5.74, 6) is 2.28. The van der Waals surface area contributed by atoms with E-state index in [0.29, 0.717) is 6.54 Å². The van der Waals surface area contributed by atoms with E-state index in [1.807, 2.05) is 31.2 Å². The topological polar surface area (TPSA) is 41.1 Å². The van der Waals surface area contributed by atoms with Gasteiger partial charge in [0.2, 0.25) is 5.91 Å². The molecule has 17 heavy (non-hydrogen) atoms. The van der Waals surface area contributed by atoms with Crippen LogP contribution in [-0.2, 0) is 11.3 Å². The summed E-state index contributed by atoms with van der Waals surface area (Å²) in [4.78, 5) is 11.5. The maximum absolute atomic E-state index is 11.5. The molecule has 0 aliphatic carbocycles. The first-order valence-electron chi connectivity index (χ1n) is 5.33. The van der Waals surface area contributed by atoms with Crippen LogP contribution < -0.4 is 10.6 Å². The SMILES string of the molecule is C#CCNC(=O)C(C)NCc1ccccc1Br. The zero-order valence-electron chi connectivity index (χ0n) is 9.66. The lowest BCUT2D eigenvalue weighted by Gasteiger charge is -2.13. The number of rotatable bonds is 5. The molecule has 0 aromatic heterocycles. The average Bonchev–Trinajstić information content (AvgIpc) is 2.34. The lowest BCUT2D eigenvalue weighted by molar-refractivity contribution is -0.122. The highest BCUT2D eigenvalue weighted by molar-refractivity contribution is 9.10. The van der Waals surface area contributed by atoms with Crippen molar-refractivity contribution in [1.82, 2.24) is 10.6 Å². The Labute approximate surface area is 110 Å². The van der Waals surface area contributed by atoms with E-state index in [4.69, 9.17) is 6.42 Å². The molecule has 0 aliphatic rings. The quantitative estimate of drug-likeness (QED) is 0.812. The van der Waals surface area contributed by atoms with E-state index in [0.717, 1.165) is 10.0 Å². The zero-order chi connectivity index (χ0) is 12.7. The number of amides is 1. The molecule has 2 N–H and O–H groups in total. The highest BCUT2D eigenvalue weighted by atomic mass is 79.9. The summed E-state index contributed by atoms with van der Waals surface area (Å²) >= 11 is 3.46. The van der Waals surface area contributed by atoms with Crippen LogP contribution in [0.15, 0.2) is 28.7 Å². The molecule has 3 nitrogen and oxygen atoms in total. The molecule has 0 bridgehead atoms. The fourth-order valence-corrected chi connectivity index (χ4v) is 1.71. The fourth-order valence-electron chi connectivity index (χ4n) is 1.29. The Bertz CT molecular complexity index is 426. The van der Waals surface area contributed by atoms with Gasteiger partial charge in [0.25, 0.3) is 0 Å². The fraction of sp³-hybridized carbons (Fsp3) is 0.308. The van der Waals surface area contributed by atoms with Crippen molar-refractivity contribution in [2.45, 2.75) is 19.5 Å². The summed E-state index contributed by atoms with van der Waals surface area (Å²) in [5.41, 5.74) is 1.11. The average molecular weight is 295 g/mol. The first-order valence-corrected chi connectivity index (χ1v) is 6.12. The number of halogens is 1. The van der Waals surface area contributed by atoms with Crippen molar-refractivity contribution in [2.75, 3.05) is 6.54 Å². The molecule has 0 fully saturated rings. The maximum atomic E-state index is 11.5. The third-order valence-corrected chi connectivity index (χ3v) is 3.09. The van der Waals surface area contributed by atoms with Crippen molar-refractivity contribution in [2.24, 2.45) is 0 Å². The highest BCUT2D eigenvalue weighted by Crippen LogP contribution is 2.15. The van der Waals surface area contributed by atoms with Crippen LogP contribution in [-0.4, -0.2) is 18.5 Å². The van der Waals surface area contributed by atoms with Gasteiger partial charge in [-0.05, 0) is 18.6 Å². The summed E-state index contributed by atoms with van der Waals surface area (Å²) in [6.07, 6.45) is 5.07. The standard InChI is InChI=1S/C13H15BrN2O/c1-3-8-15-13(17)10(2)16-9-11-6-4-5-7-12(11)14/h1,4-7,10,16H,8-9H2,2H3,(H,15,17). The van der Waals surface area contributed by atoms with Gasteiger partial charge in [-0.2, -0.15) is 0 Å². The number of benzene rings is 1. The monoisotopic (exact) mass is 294 g/mol. The van der Waals surface area contributed by atoms with Gasteiger partial charge in [0.05, 0.1) is 12.6 Å². The molecule has 0 saturated carbocycles. The maximum Gasteiger partial charge on any atom is 0.237 e. The van der Waals surface area contributed by atoms with Crippen molar-refractivity contribution in [3.05, 3.63) is 34.3 Å². The van der Waals surface area contributed by atoms with E-state index in [1.54, 1.807) is 0 Å². The second kappa shape index (κ2) is 7.10.